The van der Waals surface area contributed by atoms with E-state index in [-0.39, 0.29) is 11.8 Å². The number of hydrogen-bond acceptors (Lipinski definition) is 3. The van der Waals surface area contributed by atoms with Gasteiger partial charge in [0.1, 0.15) is 5.69 Å². The summed E-state index contributed by atoms with van der Waals surface area (Å²) in [5.74, 6) is 2.40. The molecule has 2 amide bonds. The molecule has 1 atom stereocenters. The van der Waals surface area contributed by atoms with Gasteiger partial charge >= 0.3 is 0 Å². The third-order valence-corrected chi connectivity index (χ3v) is 6.69. The summed E-state index contributed by atoms with van der Waals surface area (Å²) >= 11 is 0. The van der Waals surface area contributed by atoms with Gasteiger partial charge in [0.05, 0.1) is 0 Å². The summed E-state index contributed by atoms with van der Waals surface area (Å²) in [5, 5.41) is 3.79. The van der Waals surface area contributed by atoms with E-state index in [1.165, 1.54) is 12.8 Å². The van der Waals surface area contributed by atoms with E-state index in [1.807, 2.05) is 42.2 Å². The molecule has 5 rings (SSSR count). The van der Waals surface area contributed by atoms with Crippen LogP contribution in [0.25, 0.3) is 10.9 Å². The Labute approximate surface area is 187 Å². The average molecular weight is 427 g/mol. The van der Waals surface area contributed by atoms with Crippen molar-refractivity contribution < 1.29 is 9.59 Å². The monoisotopic (exact) mass is 426 g/mol. The average Bonchev–Trinajstić information content (AvgIpc) is 3.42. The third-order valence-electron chi connectivity index (χ3n) is 6.69. The van der Waals surface area contributed by atoms with Crippen molar-refractivity contribution in [2.45, 2.75) is 25.8 Å². The van der Waals surface area contributed by atoms with Crippen LogP contribution >= 0.6 is 0 Å². The predicted octanol–water partition coefficient (Wildman–Crippen LogP) is 3.63. The van der Waals surface area contributed by atoms with Crippen molar-refractivity contribution in [3.63, 3.8) is 0 Å². The molecule has 2 aromatic carbocycles. The van der Waals surface area contributed by atoms with Crippen molar-refractivity contribution in [1.82, 2.24) is 14.8 Å². The number of carbonyl (C=O) groups is 2. The van der Waals surface area contributed by atoms with E-state index < -0.39 is 0 Å². The fourth-order valence-corrected chi connectivity index (χ4v) is 4.93. The summed E-state index contributed by atoms with van der Waals surface area (Å²) in [6, 6.07) is 13.3. The molecule has 2 N–H and O–H groups in total. The maximum absolute atomic E-state index is 13.2. The molecule has 6 heteroatoms. The third kappa shape index (κ3) is 3.65. The molecule has 0 radical (unpaired) electrons. The van der Waals surface area contributed by atoms with Gasteiger partial charge in [-0.15, -0.1) is 6.42 Å². The van der Waals surface area contributed by atoms with Gasteiger partial charge in [0.2, 0.25) is 0 Å². The normalized spacial score (nSPS) is 18.4. The Morgan fingerprint density at radius 2 is 2.03 bits per heavy atom. The molecule has 3 heterocycles. The first-order valence-corrected chi connectivity index (χ1v) is 11.1. The van der Waals surface area contributed by atoms with Gasteiger partial charge in [-0.2, -0.15) is 0 Å². The summed E-state index contributed by atoms with van der Waals surface area (Å²) in [7, 11) is 0. The summed E-state index contributed by atoms with van der Waals surface area (Å²) < 4.78 is 0. The SMILES string of the molecule is C#Cc1cccc(NC(=O)c2[nH]c3ccc(C(=O)N4CCN5CCC[C@@H]5C4)cc3c2C)c1. The number of aryl methyl sites for hydroxylation is 1. The molecule has 2 aliphatic rings. The standard InChI is InChI=1S/C26H26N4O2/c1-3-18-6-4-7-20(14-18)27-25(31)24-17(2)22-15-19(9-10-23(22)28-24)26(32)30-13-12-29-11-5-8-21(29)16-30/h1,4,6-7,9-10,14-15,21,28H,5,8,11-13,16H2,2H3,(H,27,31)/t21-/m1/s1. The molecular weight excluding hydrogens is 400 g/mol. The van der Waals surface area contributed by atoms with Crippen molar-refractivity contribution >= 4 is 28.4 Å². The lowest BCUT2D eigenvalue weighted by Gasteiger charge is -2.37. The number of aromatic amines is 1. The van der Waals surface area contributed by atoms with Crippen LogP contribution in [0.5, 0.6) is 0 Å². The Kier molecular flexibility index (Phi) is 5.20. The number of hydrogen-bond donors (Lipinski definition) is 2. The minimum atomic E-state index is -0.238. The number of H-pyrrole nitrogens is 1. The molecule has 6 nitrogen and oxygen atoms in total. The first-order valence-electron chi connectivity index (χ1n) is 11.1. The largest absolute Gasteiger partial charge is 0.350 e. The molecule has 2 saturated heterocycles. The molecule has 32 heavy (non-hydrogen) atoms. The zero-order valence-electron chi connectivity index (χ0n) is 18.1. The zero-order chi connectivity index (χ0) is 22.2. The van der Waals surface area contributed by atoms with Gasteiger partial charge in [-0.05, 0) is 68.3 Å². The Hall–Kier alpha value is -3.56. The van der Waals surface area contributed by atoms with Gasteiger partial charge in [-0.25, -0.2) is 0 Å². The maximum atomic E-state index is 13.2. The Morgan fingerprint density at radius 3 is 2.88 bits per heavy atom. The second-order valence-electron chi connectivity index (χ2n) is 8.65. The van der Waals surface area contributed by atoms with E-state index in [1.54, 1.807) is 12.1 Å². The van der Waals surface area contributed by atoms with Crippen LogP contribution in [-0.2, 0) is 0 Å². The van der Waals surface area contributed by atoms with E-state index in [2.05, 4.69) is 21.1 Å². The summed E-state index contributed by atoms with van der Waals surface area (Å²) in [5.41, 5.74) is 4.15. The number of rotatable bonds is 3. The number of carbonyl (C=O) groups excluding carboxylic acids is 2. The second-order valence-corrected chi connectivity index (χ2v) is 8.65. The molecule has 162 valence electrons. The summed E-state index contributed by atoms with van der Waals surface area (Å²) in [6.07, 6.45) is 7.84. The van der Waals surface area contributed by atoms with Crippen LogP contribution in [0, 0.1) is 19.3 Å². The number of aromatic nitrogens is 1. The van der Waals surface area contributed by atoms with Crippen LogP contribution in [-0.4, -0.2) is 58.8 Å². The van der Waals surface area contributed by atoms with Crippen LogP contribution in [0.4, 0.5) is 5.69 Å². The molecular formula is C26H26N4O2. The minimum absolute atomic E-state index is 0.0659. The van der Waals surface area contributed by atoms with Crippen LogP contribution in [0.1, 0.15) is 44.8 Å². The maximum Gasteiger partial charge on any atom is 0.272 e. The van der Waals surface area contributed by atoms with E-state index >= 15 is 0 Å². The second kappa shape index (κ2) is 8.18. The Bertz CT molecular complexity index is 1250. The van der Waals surface area contributed by atoms with Gasteiger partial charge in [0.25, 0.3) is 11.8 Å². The van der Waals surface area contributed by atoms with E-state index in [0.29, 0.717) is 28.6 Å². The Morgan fingerprint density at radius 1 is 1.16 bits per heavy atom. The van der Waals surface area contributed by atoms with E-state index in [4.69, 9.17) is 6.42 Å². The highest BCUT2D eigenvalue weighted by molar-refractivity contribution is 6.09. The lowest BCUT2D eigenvalue weighted by molar-refractivity contribution is 0.0571. The molecule has 2 aliphatic heterocycles. The van der Waals surface area contributed by atoms with Gasteiger partial charge in [0.15, 0.2) is 0 Å². The quantitative estimate of drug-likeness (QED) is 0.629. The molecule has 0 bridgehead atoms. The van der Waals surface area contributed by atoms with Crippen LogP contribution < -0.4 is 5.32 Å². The lowest BCUT2D eigenvalue weighted by atomic mass is 10.1. The highest BCUT2D eigenvalue weighted by atomic mass is 16.2. The molecule has 1 aromatic heterocycles. The van der Waals surface area contributed by atoms with Crippen LogP contribution in [0.2, 0.25) is 0 Å². The fraction of sp³-hybridized carbons (Fsp3) is 0.308. The number of nitrogens with zero attached hydrogens (tertiary/aromatic N) is 2. The van der Waals surface area contributed by atoms with E-state index in [9.17, 15) is 9.59 Å². The number of terminal acetylenes is 1. The first kappa shape index (κ1) is 20.3. The van der Waals surface area contributed by atoms with Crippen molar-refractivity contribution in [2.24, 2.45) is 0 Å². The Balaban J connectivity index is 1.38. The van der Waals surface area contributed by atoms with Crippen molar-refractivity contribution in [3.8, 4) is 12.3 Å². The number of anilines is 1. The smallest absolute Gasteiger partial charge is 0.272 e. The van der Waals surface area contributed by atoms with Gasteiger partial charge in [-0.3, -0.25) is 14.5 Å². The van der Waals surface area contributed by atoms with Crippen molar-refractivity contribution in [3.05, 3.63) is 64.8 Å². The molecule has 0 unspecified atom stereocenters. The van der Waals surface area contributed by atoms with E-state index in [0.717, 1.165) is 42.6 Å². The van der Waals surface area contributed by atoms with Gasteiger partial charge in [0, 0.05) is 53.4 Å². The van der Waals surface area contributed by atoms with Crippen LogP contribution in [0.3, 0.4) is 0 Å². The fourth-order valence-electron chi connectivity index (χ4n) is 4.93. The molecule has 0 aliphatic carbocycles. The summed E-state index contributed by atoms with van der Waals surface area (Å²) in [4.78, 5) is 33.8. The number of nitrogens with one attached hydrogen (secondary N) is 2. The number of fused-ring (bicyclic) bond motifs is 2. The molecule has 0 saturated carbocycles. The highest BCUT2D eigenvalue weighted by Crippen LogP contribution is 2.26. The minimum Gasteiger partial charge on any atom is -0.350 e. The summed E-state index contributed by atoms with van der Waals surface area (Å²) in [6.45, 7) is 5.57. The highest BCUT2D eigenvalue weighted by Gasteiger charge is 2.32. The van der Waals surface area contributed by atoms with Gasteiger partial charge in [-0.1, -0.05) is 12.0 Å². The topological polar surface area (TPSA) is 68.4 Å². The number of benzene rings is 2. The zero-order valence-corrected chi connectivity index (χ0v) is 18.1. The van der Waals surface area contributed by atoms with Crippen molar-refractivity contribution in [1.29, 1.82) is 0 Å². The lowest BCUT2D eigenvalue weighted by Crippen LogP contribution is -2.52. The number of amides is 2. The predicted molar refractivity (Wildman–Crippen MR) is 126 cm³/mol. The van der Waals surface area contributed by atoms with Crippen molar-refractivity contribution in [2.75, 3.05) is 31.5 Å². The van der Waals surface area contributed by atoms with Gasteiger partial charge < -0.3 is 15.2 Å². The molecule has 3 aromatic rings. The van der Waals surface area contributed by atoms with Crippen LogP contribution in [0.15, 0.2) is 42.5 Å². The number of piperazine rings is 1. The molecule has 2 fully saturated rings. The first-order chi connectivity index (χ1) is 15.5. The molecule has 0 spiro atoms.